The molecule has 0 amide bonds. The third kappa shape index (κ3) is 6.19. The van der Waals surface area contributed by atoms with Gasteiger partial charge in [-0.2, -0.15) is 0 Å². The van der Waals surface area contributed by atoms with Crippen LogP contribution in [-0.2, 0) is 26.2 Å². The molecule has 2 heterocycles. The third-order valence-electron chi connectivity index (χ3n) is 7.43. The lowest BCUT2D eigenvalue weighted by atomic mass is 10.1. The quantitative estimate of drug-likeness (QED) is 0.155. The molecule has 0 atom stereocenters. The van der Waals surface area contributed by atoms with Gasteiger partial charge < -0.3 is 18.8 Å². The van der Waals surface area contributed by atoms with E-state index in [0.29, 0.717) is 6.61 Å². The molecule has 0 unspecified atom stereocenters. The van der Waals surface area contributed by atoms with Gasteiger partial charge in [-0.15, -0.1) is 0 Å². The first kappa shape index (κ1) is 27.6. The first-order chi connectivity index (χ1) is 20.7. The van der Waals surface area contributed by atoms with Crippen molar-refractivity contribution in [3.05, 3.63) is 120 Å². The van der Waals surface area contributed by atoms with Crippen LogP contribution in [0.2, 0.25) is 0 Å². The highest BCUT2D eigenvalue weighted by atomic mass is 16.7. The Bertz CT molecular complexity index is 1620. The summed E-state index contributed by atoms with van der Waals surface area (Å²) in [7, 11) is 0. The monoisotopic (exact) mass is 559 g/mol. The molecular weight excluding hydrogens is 522 g/mol. The number of rotatable bonds is 12. The zero-order valence-corrected chi connectivity index (χ0v) is 24.3. The van der Waals surface area contributed by atoms with E-state index < -0.39 is 0 Å². The van der Waals surface area contributed by atoms with Crippen molar-refractivity contribution in [1.29, 1.82) is 0 Å². The first-order valence-electron chi connectivity index (χ1n) is 14.7. The fraction of sp³-hybridized carbons (Fsp3) is 0.250. The highest BCUT2D eigenvalue weighted by Crippen LogP contribution is 2.35. The minimum absolute atomic E-state index is 0.269. The predicted molar refractivity (Wildman–Crippen MR) is 167 cm³/mol. The van der Waals surface area contributed by atoms with Crippen molar-refractivity contribution in [3.63, 3.8) is 0 Å². The van der Waals surface area contributed by atoms with Gasteiger partial charge in [-0.05, 0) is 48.7 Å². The topological polar surface area (TPSA) is 48.8 Å². The number of benzene rings is 4. The van der Waals surface area contributed by atoms with Gasteiger partial charge in [-0.25, -0.2) is 4.98 Å². The number of hydrogen-bond acceptors (Lipinski definition) is 5. The van der Waals surface area contributed by atoms with Crippen molar-refractivity contribution >= 4 is 0 Å². The smallest absolute Gasteiger partial charge is 0.231 e. The van der Waals surface area contributed by atoms with Gasteiger partial charge in [0.15, 0.2) is 11.5 Å². The second kappa shape index (κ2) is 13.0. The zero-order chi connectivity index (χ0) is 28.7. The summed E-state index contributed by atoms with van der Waals surface area (Å²) in [5, 5.41) is 0. The van der Waals surface area contributed by atoms with E-state index >= 15 is 0 Å². The average Bonchev–Trinajstić information content (AvgIpc) is 3.63. The predicted octanol–water partition coefficient (Wildman–Crippen LogP) is 7.96. The Hall–Kier alpha value is -4.55. The normalized spacial score (nSPS) is 12.2. The summed E-state index contributed by atoms with van der Waals surface area (Å²) < 4.78 is 19.5. The Balaban J connectivity index is 1.43. The number of fused-ring (bicyclic) bond motifs is 1. The van der Waals surface area contributed by atoms with Crippen LogP contribution >= 0.6 is 0 Å². The lowest BCUT2D eigenvalue weighted by molar-refractivity contribution is 0.174. The Labute approximate surface area is 248 Å². The van der Waals surface area contributed by atoms with E-state index in [0.717, 1.165) is 72.5 Å². The largest absolute Gasteiger partial charge is 0.494 e. The van der Waals surface area contributed by atoms with Crippen LogP contribution in [0.15, 0.2) is 103 Å². The van der Waals surface area contributed by atoms with Gasteiger partial charge in [-0.1, -0.05) is 85.8 Å². The summed E-state index contributed by atoms with van der Waals surface area (Å²) in [5.74, 6) is 3.51. The summed E-state index contributed by atoms with van der Waals surface area (Å²) >= 11 is 0. The van der Waals surface area contributed by atoms with Gasteiger partial charge in [-0.3, -0.25) is 4.90 Å². The van der Waals surface area contributed by atoms with E-state index in [2.05, 4.69) is 107 Å². The van der Waals surface area contributed by atoms with E-state index in [1.54, 1.807) is 0 Å². The highest BCUT2D eigenvalue weighted by molar-refractivity contribution is 5.68. The van der Waals surface area contributed by atoms with Gasteiger partial charge in [0.05, 0.1) is 18.0 Å². The molecule has 5 aromatic rings. The van der Waals surface area contributed by atoms with Crippen molar-refractivity contribution in [2.45, 2.75) is 46.4 Å². The lowest BCUT2D eigenvalue weighted by Crippen LogP contribution is -2.24. The first-order valence-corrected chi connectivity index (χ1v) is 14.7. The van der Waals surface area contributed by atoms with Gasteiger partial charge in [0.2, 0.25) is 6.79 Å². The molecule has 1 aromatic heterocycles. The Kier molecular flexibility index (Phi) is 8.52. The molecule has 214 valence electrons. The van der Waals surface area contributed by atoms with Gasteiger partial charge in [0.1, 0.15) is 11.6 Å². The van der Waals surface area contributed by atoms with Crippen molar-refractivity contribution in [3.8, 4) is 39.9 Å². The molecule has 0 spiro atoms. The van der Waals surface area contributed by atoms with E-state index in [-0.39, 0.29) is 6.79 Å². The third-order valence-corrected chi connectivity index (χ3v) is 7.43. The molecule has 6 nitrogen and oxygen atoms in total. The molecule has 0 aliphatic carbocycles. The summed E-state index contributed by atoms with van der Waals surface area (Å²) in [4.78, 5) is 7.78. The minimum Gasteiger partial charge on any atom is -0.494 e. The summed E-state index contributed by atoms with van der Waals surface area (Å²) in [5.41, 5.74) is 6.87. The Morgan fingerprint density at radius 1 is 0.738 bits per heavy atom. The highest BCUT2D eigenvalue weighted by Gasteiger charge is 2.23. The van der Waals surface area contributed by atoms with Gasteiger partial charge in [0.25, 0.3) is 0 Å². The molecule has 42 heavy (non-hydrogen) atoms. The van der Waals surface area contributed by atoms with Crippen LogP contribution in [0.5, 0.6) is 17.2 Å². The summed E-state index contributed by atoms with van der Waals surface area (Å²) in [6.45, 7) is 8.25. The van der Waals surface area contributed by atoms with E-state index in [9.17, 15) is 0 Å². The average molecular weight is 560 g/mol. The summed E-state index contributed by atoms with van der Waals surface area (Å²) in [6.07, 6.45) is 1.01. The number of hydrogen-bond donors (Lipinski definition) is 0. The summed E-state index contributed by atoms with van der Waals surface area (Å²) in [6, 6.07) is 35.7. The zero-order valence-electron chi connectivity index (χ0n) is 24.3. The SMILES string of the molecule is CCCn1c(-c2ccccc2)nc(-c2ccccc2)c1CN(Cc1cccc(OCC)c1)Cc1ccc2c(c1)OCO2. The van der Waals surface area contributed by atoms with Crippen LogP contribution in [0, 0.1) is 0 Å². The van der Waals surface area contributed by atoms with Crippen LogP contribution in [0.3, 0.4) is 0 Å². The van der Waals surface area contributed by atoms with Crippen LogP contribution in [0.4, 0.5) is 0 Å². The molecule has 0 saturated heterocycles. The second-order valence-corrected chi connectivity index (χ2v) is 10.5. The standard InChI is InChI=1S/C36H37N3O3/c1-3-20-39-32(35(29-13-7-5-8-14-29)37-36(39)30-15-9-6-10-16-30)25-38(23-27-12-11-17-31(21-27)40-4-2)24-28-18-19-33-34(22-28)42-26-41-33/h5-19,21-22H,3-4,20,23-26H2,1-2H3. The number of nitrogens with zero attached hydrogens (tertiary/aromatic N) is 3. The van der Waals surface area contributed by atoms with Crippen molar-refractivity contribution < 1.29 is 14.2 Å². The maximum absolute atomic E-state index is 5.83. The molecular formula is C36H37N3O3. The molecule has 6 heteroatoms. The van der Waals surface area contributed by atoms with E-state index in [4.69, 9.17) is 19.2 Å². The molecule has 6 rings (SSSR count). The fourth-order valence-electron chi connectivity index (χ4n) is 5.58. The molecule has 4 aromatic carbocycles. The molecule has 0 radical (unpaired) electrons. The number of ether oxygens (including phenoxy) is 3. The number of imidazole rings is 1. The van der Waals surface area contributed by atoms with Crippen molar-refractivity contribution in [2.75, 3.05) is 13.4 Å². The Morgan fingerprint density at radius 3 is 2.19 bits per heavy atom. The van der Waals surface area contributed by atoms with E-state index in [1.165, 1.54) is 16.8 Å². The van der Waals surface area contributed by atoms with Gasteiger partial charge >= 0.3 is 0 Å². The minimum atomic E-state index is 0.269. The molecule has 0 bridgehead atoms. The maximum Gasteiger partial charge on any atom is 0.231 e. The Morgan fingerprint density at radius 2 is 1.45 bits per heavy atom. The van der Waals surface area contributed by atoms with Crippen molar-refractivity contribution in [1.82, 2.24) is 14.5 Å². The van der Waals surface area contributed by atoms with Gasteiger partial charge in [0, 0.05) is 37.3 Å². The molecule has 0 saturated carbocycles. The molecule has 1 aliphatic heterocycles. The van der Waals surface area contributed by atoms with Crippen LogP contribution in [0.1, 0.15) is 37.1 Å². The fourth-order valence-corrected chi connectivity index (χ4v) is 5.58. The molecule has 1 aliphatic rings. The number of aromatic nitrogens is 2. The maximum atomic E-state index is 5.83. The second-order valence-electron chi connectivity index (χ2n) is 10.5. The molecule has 0 fully saturated rings. The van der Waals surface area contributed by atoms with Crippen LogP contribution in [0.25, 0.3) is 22.6 Å². The van der Waals surface area contributed by atoms with Crippen LogP contribution in [-0.4, -0.2) is 27.9 Å². The van der Waals surface area contributed by atoms with Crippen LogP contribution < -0.4 is 14.2 Å². The molecule has 0 N–H and O–H groups in total. The van der Waals surface area contributed by atoms with E-state index in [1.807, 2.05) is 19.1 Å². The lowest BCUT2D eigenvalue weighted by Gasteiger charge is -2.25. The van der Waals surface area contributed by atoms with Crippen molar-refractivity contribution in [2.24, 2.45) is 0 Å².